The van der Waals surface area contributed by atoms with Crippen LogP contribution in [0.15, 0.2) is 30.7 Å². The molecule has 0 saturated heterocycles. The van der Waals surface area contributed by atoms with Crippen LogP contribution < -0.4 is 21.1 Å². The first-order chi connectivity index (χ1) is 15.1. The zero-order valence-corrected chi connectivity index (χ0v) is 19.0. The van der Waals surface area contributed by atoms with Gasteiger partial charge in [0.1, 0.15) is 0 Å². The van der Waals surface area contributed by atoms with E-state index in [9.17, 15) is 9.18 Å². The van der Waals surface area contributed by atoms with E-state index in [1.165, 1.54) is 25.6 Å². The zero-order chi connectivity index (χ0) is 23.3. The minimum absolute atomic E-state index is 0.0552. The van der Waals surface area contributed by atoms with E-state index >= 15 is 0 Å². The molecule has 0 aromatic carbocycles. The molecule has 1 saturated carbocycles. The molecule has 2 atom stereocenters. The van der Waals surface area contributed by atoms with Gasteiger partial charge in [-0.15, -0.1) is 0 Å². The lowest BCUT2D eigenvalue weighted by Gasteiger charge is -2.42. The van der Waals surface area contributed by atoms with Gasteiger partial charge in [-0.1, -0.05) is 13.8 Å². The smallest absolute Gasteiger partial charge is 0.252 e. The maximum Gasteiger partial charge on any atom is 0.252 e. The summed E-state index contributed by atoms with van der Waals surface area (Å²) in [5, 5.41) is 11.4. The van der Waals surface area contributed by atoms with E-state index in [4.69, 9.17) is 10.5 Å². The van der Waals surface area contributed by atoms with Gasteiger partial charge in [-0.05, 0) is 38.9 Å². The number of carbonyl (C=O) groups is 1. The van der Waals surface area contributed by atoms with Crippen molar-refractivity contribution in [1.29, 1.82) is 0 Å². The Bertz CT molecular complexity index is 1190. The van der Waals surface area contributed by atoms with Crippen LogP contribution in [0.25, 0.3) is 16.6 Å². The summed E-state index contributed by atoms with van der Waals surface area (Å²) in [5.41, 5.74) is 8.43. The Kier molecular flexibility index (Phi) is 5.32. The van der Waals surface area contributed by atoms with Crippen molar-refractivity contribution >= 4 is 17.1 Å². The van der Waals surface area contributed by atoms with Crippen molar-refractivity contribution in [3.63, 3.8) is 0 Å². The molecule has 32 heavy (non-hydrogen) atoms. The lowest BCUT2D eigenvalue weighted by molar-refractivity contribution is 0.100. The second-order valence-corrected chi connectivity index (χ2v) is 9.11. The molecular formula is C23H29FN6O2. The van der Waals surface area contributed by atoms with Gasteiger partial charge in [-0.25, -0.2) is 13.9 Å². The Hall–Kier alpha value is -3.20. The molecule has 8 nitrogen and oxygen atoms in total. The summed E-state index contributed by atoms with van der Waals surface area (Å²) in [7, 11) is 3.35. The molecular weight excluding hydrogens is 411 g/mol. The highest BCUT2D eigenvalue weighted by atomic mass is 19.1. The lowest BCUT2D eigenvalue weighted by Crippen LogP contribution is -2.53. The van der Waals surface area contributed by atoms with Gasteiger partial charge >= 0.3 is 0 Å². The summed E-state index contributed by atoms with van der Waals surface area (Å²) < 4.78 is 20.8. The summed E-state index contributed by atoms with van der Waals surface area (Å²) in [4.78, 5) is 16.2. The Morgan fingerprint density at radius 1 is 1.28 bits per heavy atom. The summed E-state index contributed by atoms with van der Waals surface area (Å²) in [6, 6.07) is 3.31. The predicted octanol–water partition coefficient (Wildman–Crippen LogP) is 3.22. The molecule has 0 bridgehead atoms. The van der Waals surface area contributed by atoms with Crippen LogP contribution in [0.1, 0.15) is 44.0 Å². The number of nitrogens with one attached hydrogen (secondary N) is 2. The van der Waals surface area contributed by atoms with Crippen LogP contribution in [-0.2, 0) is 0 Å². The number of pyridine rings is 1. The van der Waals surface area contributed by atoms with Crippen molar-refractivity contribution in [1.82, 2.24) is 19.9 Å². The number of primary amides is 1. The second kappa shape index (κ2) is 7.74. The molecule has 3 aromatic heterocycles. The molecule has 170 valence electrons. The topological polar surface area (TPSA) is 107 Å². The Labute approximate surface area is 186 Å². The summed E-state index contributed by atoms with van der Waals surface area (Å²) >= 11 is 0. The molecule has 3 aromatic rings. The fourth-order valence-corrected chi connectivity index (χ4v) is 4.66. The zero-order valence-electron chi connectivity index (χ0n) is 19.0. The highest BCUT2D eigenvalue weighted by molar-refractivity contribution is 6.02. The van der Waals surface area contributed by atoms with Crippen molar-refractivity contribution in [2.24, 2.45) is 11.1 Å². The number of amides is 1. The van der Waals surface area contributed by atoms with Crippen LogP contribution in [-0.4, -0.2) is 46.2 Å². The monoisotopic (exact) mass is 440 g/mol. The number of anilines is 1. The van der Waals surface area contributed by atoms with Gasteiger partial charge < -0.3 is 21.1 Å². The average Bonchev–Trinajstić information content (AvgIpc) is 3.28. The van der Waals surface area contributed by atoms with E-state index in [0.717, 1.165) is 12.8 Å². The van der Waals surface area contributed by atoms with Crippen LogP contribution in [0.4, 0.5) is 10.1 Å². The van der Waals surface area contributed by atoms with Crippen molar-refractivity contribution < 1.29 is 13.9 Å². The van der Waals surface area contributed by atoms with Crippen molar-refractivity contribution in [3.05, 3.63) is 42.1 Å². The maximum absolute atomic E-state index is 14.2. The third-order valence-corrected chi connectivity index (χ3v) is 7.33. The van der Waals surface area contributed by atoms with Crippen LogP contribution in [0.3, 0.4) is 0 Å². The molecule has 1 aliphatic rings. The Morgan fingerprint density at radius 3 is 2.62 bits per heavy atom. The molecule has 1 amide bonds. The summed E-state index contributed by atoms with van der Waals surface area (Å²) in [5.74, 6) is -1.18. The standard InChI is InChI=1S/C23H29FN6O2/c1-22(2)18(6-7-23(22,3)26-4)29-19-15(20(25)31)11-28-30-12-14(9-17(19)30)13-8-16(24)21(32-5)27-10-13/h8-12,18,26,29H,6-7H2,1-5H3,(H2,25,31)/t18-,23?/m1/s1. The second-order valence-electron chi connectivity index (χ2n) is 9.11. The number of ether oxygens (including phenoxy) is 1. The first-order valence-corrected chi connectivity index (χ1v) is 10.6. The summed E-state index contributed by atoms with van der Waals surface area (Å²) in [6.07, 6.45) is 6.69. The molecule has 1 aliphatic carbocycles. The molecule has 0 aliphatic heterocycles. The quantitative estimate of drug-likeness (QED) is 0.543. The van der Waals surface area contributed by atoms with Crippen LogP contribution >= 0.6 is 0 Å². The molecule has 3 heterocycles. The van der Waals surface area contributed by atoms with E-state index < -0.39 is 11.7 Å². The van der Waals surface area contributed by atoms with Gasteiger partial charge in [0.25, 0.3) is 5.91 Å². The number of hydrogen-bond acceptors (Lipinski definition) is 6. The average molecular weight is 441 g/mol. The predicted molar refractivity (Wildman–Crippen MR) is 121 cm³/mol. The first-order valence-electron chi connectivity index (χ1n) is 10.6. The largest absolute Gasteiger partial charge is 0.479 e. The van der Waals surface area contributed by atoms with E-state index in [1.807, 2.05) is 13.1 Å². The van der Waals surface area contributed by atoms with Crippen molar-refractivity contribution in [2.75, 3.05) is 19.5 Å². The van der Waals surface area contributed by atoms with E-state index in [-0.39, 0.29) is 22.9 Å². The highest BCUT2D eigenvalue weighted by Crippen LogP contribution is 2.47. The third kappa shape index (κ3) is 3.37. The number of hydrogen-bond donors (Lipinski definition) is 3. The number of nitrogens with two attached hydrogens (primary N) is 1. The molecule has 0 radical (unpaired) electrons. The number of aromatic nitrogens is 3. The maximum atomic E-state index is 14.2. The molecule has 4 N–H and O–H groups in total. The number of rotatable bonds is 6. The molecule has 4 rings (SSSR count). The minimum Gasteiger partial charge on any atom is -0.479 e. The van der Waals surface area contributed by atoms with Crippen molar-refractivity contribution in [3.8, 4) is 17.0 Å². The number of halogens is 1. The fraction of sp³-hybridized carbons (Fsp3) is 0.435. The normalized spacial score (nSPS) is 22.2. The van der Waals surface area contributed by atoms with Gasteiger partial charge in [-0.2, -0.15) is 5.10 Å². The lowest BCUT2D eigenvalue weighted by atomic mass is 9.74. The van der Waals surface area contributed by atoms with Crippen LogP contribution in [0, 0.1) is 11.2 Å². The number of methoxy groups -OCH3 is 1. The summed E-state index contributed by atoms with van der Waals surface area (Å²) in [6.45, 7) is 6.64. The minimum atomic E-state index is -0.561. The van der Waals surface area contributed by atoms with Gasteiger partial charge in [0, 0.05) is 40.5 Å². The van der Waals surface area contributed by atoms with Gasteiger partial charge in [0.05, 0.1) is 30.1 Å². The molecule has 1 unspecified atom stereocenters. The SMILES string of the molecule is CNC1(C)CC[C@@H](Nc2c(C(N)=O)cnn3cc(-c4cnc(OC)c(F)c4)cc23)C1(C)C. The van der Waals surface area contributed by atoms with E-state index in [1.54, 1.807) is 10.7 Å². The van der Waals surface area contributed by atoms with E-state index in [0.29, 0.717) is 27.9 Å². The number of fused-ring (bicyclic) bond motifs is 1. The van der Waals surface area contributed by atoms with Gasteiger partial charge in [0.15, 0.2) is 5.82 Å². The highest BCUT2D eigenvalue weighted by Gasteiger charge is 2.51. The Morgan fingerprint density at radius 2 is 2.03 bits per heavy atom. The number of nitrogens with zero attached hydrogens (tertiary/aromatic N) is 3. The third-order valence-electron chi connectivity index (χ3n) is 7.33. The van der Waals surface area contributed by atoms with Crippen molar-refractivity contribution in [2.45, 2.75) is 45.2 Å². The molecule has 1 fully saturated rings. The van der Waals surface area contributed by atoms with Gasteiger partial charge in [-0.3, -0.25) is 4.79 Å². The van der Waals surface area contributed by atoms with Gasteiger partial charge in [0.2, 0.25) is 5.88 Å². The molecule has 9 heteroatoms. The van der Waals surface area contributed by atoms with Crippen LogP contribution in [0.5, 0.6) is 5.88 Å². The first kappa shape index (κ1) is 22.0. The Balaban J connectivity index is 1.80. The van der Waals surface area contributed by atoms with Crippen LogP contribution in [0.2, 0.25) is 0 Å². The fourth-order valence-electron chi connectivity index (χ4n) is 4.66. The van der Waals surface area contributed by atoms with E-state index in [2.05, 4.69) is 41.5 Å². The number of carbonyl (C=O) groups excluding carboxylic acids is 1. The molecule has 0 spiro atoms.